The number of carbonyl (C=O) groups is 2. The minimum absolute atomic E-state index is 0.129. The van der Waals surface area contributed by atoms with Gasteiger partial charge in [0, 0.05) is 0 Å². The van der Waals surface area contributed by atoms with Crippen molar-refractivity contribution >= 4 is 11.8 Å². The standard InChI is InChI=1S/C13H13F3O4/c1-3-19-11(17)7-20-10-6-8(2)4-5-9(10)12(18)13(14,15)16/h4-6H,3,7H2,1-2H3. The first-order valence-corrected chi connectivity index (χ1v) is 5.76. The van der Waals surface area contributed by atoms with E-state index in [2.05, 4.69) is 4.74 Å². The van der Waals surface area contributed by atoms with E-state index < -0.39 is 30.1 Å². The molecule has 1 aromatic rings. The van der Waals surface area contributed by atoms with Crippen LogP contribution in [-0.4, -0.2) is 31.1 Å². The maximum Gasteiger partial charge on any atom is 0.455 e. The third-order valence-electron chi connectivity index (χ3n) is 2.29. The quantitative estimate of drug-likeness (QED) is 0.618. The summed E-state index contributed by atoms with van der Waals surface area (Å²) < 4.78 is 46.9. The average molecular weight is 290 g/mol. The van der Waals surface area contributed by atoms with E-state index in [1.807, 2.05) is 0 Å². The topological polar surface area (TPSA) is 52.6 Å². The van der Waals surface area contributed by atoms with Crippen LogP contribution in [0.3, 0.4) is 0 Å². The number of esters is 1. The first-order valence-electron chi connectivity index (χ1n) is 5.76. The predicted octanol–water partition coefficient (Wildman–Crippen LogP) is 2.68. The minimum atomic E-state index is -5.00. The zero-order valence-electron chi connectivity index (χ0n) is 10.9. The Labute approximate surface area is 113 Å². The van der Waals surface area contributed by atoms with Crippen molar-refractivity contribution in [3.63, 3.8) is 0 Å². The maximum atomic E-state index is 12.4. The number of ketones is 1. The molecule has 0 aliphatic carbocycles. The Kier molecular flexibility index (Phi) is 5.12. The zero-order chi connectivity index (χ0) is 15.3. The van der Waals surface area contributed by atoms with Gasteiger partial charge in [0.25, 0.3) is 5.78 Å². The summed E-state index contributed by atoms with van der Waals surface area (Å²) in [6, 6.07) is 3.64. The van der Waals surface area contributed by atoms with Crippen LogP contribution in [0.4, 0.5) is 13.2 Å². The van der Waals surface area contributed by atoms with Crippen LogP contribution in [0.1, 0.15) is 22.8 Å². The van der Waals surface area contributed by atoms with Crippen molar-refractivity contribution in [2.75, 3.05) is 13.2 Å². The van der Waals surface area contributed by atoms with Gasteiger partial charge in [-0.25, -0.2) is 4.79 Å². The first-order chi connectivity index (χ1) is 9.25. The Morgan fingerprint density at radius 1 is 1.25 bits per heavy atom. The summed E-state index contributed by atoms with van der Waals surface area (Å²) in [4.78, 5) is 22.4. The van der Waals surface area contributed by atoms with Crippen LogP contribution in [0.5, 0.6) is 5.75 Å². The molecular weight excluding hydrogens is 277 g/mol. The number of carbonyl (C=O) groups excluding carboxylic acids is 2. The lowest BCUT2D eigenvalue weighted by Crippen LogP contribution is -2.24. The fraction of sp³-hybridized carbons (Fsp3) is 0.385. The molecule has 0 fully saturated rings. The van der Waals surface area contributed by atoms with Crippen LogP contribution in [0.2, 0.25) is 0 Å². The molecule has 20 heavy (non-hydrogen) atoms. The van der Waals surface area contributed by atoms with E-state index in [4.69, 9.17) is 4.74 Å². The molecule has 110 valence electrons. The normalized spacial score (nSPS) is 11.1. The van der Waals surface area contributed by atoms with E-state index in [-0.39, 0.29) is 12.4 Å². The van der Waals surface area contributed by atoms with Crippen molar-refractivity contribution in [2.24, 2.45) is 0 Å². The van der Waals surface area contributed by atoms with Gasteiger partial charge in [0.2, 0.25) is 0 Å². The van der Waals surface area contributed by atoms with Crippen molar-refractivity contribution in [3.05, 3.63) is 29.3 Å². The van der Waals surface area contributed by atoms with Crippen LogP contribution in [0.15, 0.2) is 18.2 Å². The van der Waals surface area contributed by atoms with E-state index in [1.165, 1.54) is 12.1 Å². The number of hydrogen-bond acceptors (Lipinski definition) is 4. The van der Waals surface area contributed by atoms with E-state index >= 15 is 0 Å². The first kappa shape index (κ1) is 16.0. The third-order valence-corrected chi connectivity index (χ3v) is 2.29. The highest BCUT2D eigenvalue weighted by Gasteiger charge is 2.40. The molecule has 0 saturated carbocycles. The van der Waals surface area contributed by atoms with Crippen molar-refractivity contribution in [3.8, 4) is 5.75 Å². The highest BCUT2D eigenvalue weighted by atomic mass is 19.4. The third kappa shape index (κ3) is 4.25. The highest BCUT2D eigenvalue weighted by molar-refractivity contribution is 6.02. The summed E-state index contributed by atoms with van der Waals surface area (Å²) in [5.74, 6) is -3.03. The molecule has 0 atom stereocenters. The summed E-state index contributed by atoms with van der Waals surface area (Å²) in [5, 5.41) is 0. The molecule has 0 N–H and O–H groups in total. The molecule has 0 amide bonds. The van der Waals surface area contributed by atoms with Gasteiger partial charge in [-0.3, -0.25) is 4.79 Å². The van der Waals surface area contributed by atoms with Gasteiger partial charge in [-0.05, 0) is 31.5 Å². The average Bonchev–Trinajstić information content (AvgIpc) is 2.35. The van der Waals surface area contributed by atoms with E-state index in [0.717, 1.165) is 6.07 Å². The largest absolute Gasteiger partial charge is 0.481 e. The van der Waals surface area contributed by atoms with Gasteiger partial charge in [-0.15, -0.1) is 0 Å². The van der Waals surface area contributed by atoms with E-state index in [0.29, 0.717) is 5.56 Å². The van der Waals surface area contributed by atoms with Gasteiger partial charge in [0.15, 0.2) is 6.61 Å². The van der Waals surface area contributed by atoms with Crippen LogP contribution < -0.4 is 4.74 Å². The lowest BCUT2D eigenvalue weighted by Gasteiger charge is -2.12. The van der Waals surface area contributed by atoms with Gasteiger partial charge in [0.1, 0.15) is 5.75 Å². The molecule has 1 aromatic carbocycles. The molecule has 1 rings (SSSR count). The predicted molar refractivity (Wildman–Crippen MR) is 63.7 cm³/mol. The van der Waals surface area contributed by atoms with Crippen LogP contribution in [0, 0.1) is 6.92 Å². The molecule has 0 unspecified atom stereocenters. The molecule has 0 bridgehead atoms. The van der Waals surface area contributed by atoms with Gasteiger partial charge in [0.05, 0.1) is 12.2 Å². The lowest BCUT2D eigenvalue weighted by atomic mass is 10.1. The second-order valence-electron chi connectivity index (χ2n) is 3.92. The van der Waals surface area contributed by atoms with E-state index in [1.54, 1.807) is 13.8 Å². The number of halogens is 3. The Morgan fingerprint density at radius 3 is 2.45 bits per heavy atom. The van der Waals surface area contributed by atoms with Crippen LogP contribution in [0.25, 0.3) is 0 Å². The Balaban J connectivity index is 2.97. The molecule has 0 aliphatic rings. The number of hydrogen-bond donors (Lipinski definition) is 0. The number of rotatable bonds is 5. The second kappa shape index (κ2) is 6.40. The van der Waals surface area contributed by atoms with Crippen LogP contribution in [-0.2, 0) is 9.53 Å². The highest BCUT2D eigenvalue weighted by Crippen LogP contribution is 2.28. The maximum absolute atomic E-state index is 12.4. The van der Waals surface area contributed by atoms with E-state index in [9.17, 15) is 22.8 Å². The van der Waals surface area contributed by atoms with Crippen molar-refractivity contribution < 1.29 is 32.2 Å². The molecule has 0 spiro atoms. The summed E-state index contributed by atoms with van der Waals surface area (Å²) in [6.45, 7) is 2.78. The lowest BCUT2D eigenvalue weighted by molar-refractivity contribution is -0.145. The molecule has 4 nitrogen and oxygen atoms in total. The van der Waals surface area contributed by atoms with Gasteiger partial charge in [-0.1, -0.05) is 6.07 Å². The number of Topliss-reactive ketones (excluding diaryl/α,β-unsaturated/α-hetero) is 1. The Bertz CT molecular complexity index is 509. The molecule has 7 heteroatoms. The molecule has 0 heterocycles. The SMILES string of the molecule is CCOC(=O)COc1cc(C)ccc1C(=O)C(F)(F)F. The van der Waals surface area contributed by atoms with Gasteiger partial charge < -0.3 is 9.47 Å². The minimum Gasteiger partial charge on any atom is -0.481 e. The fourth-order valence-corrected chi connectivity index (χ4v) is 1.43. The Morgan fingerprint density at radius 2 is 1.90 bits per heavy atom. The fourth-order valence-electron chi connectivity index (χ4n) is 1.43. The smallest absolute Gasteiger partial charge is 0.455 e. The number of aryl methyl sites for hydroxylation is 1. The van der Waals surface area contributed by atoms with Crippen molar-refractivity contribution in [2.45, 2.75) is 20.0 Å². The van der Waals surface area contributed by atoms with Crippen molar-refractivity contribution in [1.82, 2.24) is 0 Å². The van der Waals surface area contributed by atoms with Crippen molar-refractivity contribution in [1.29, 1.82) is 0 Å². The van der Waals surface area contributed by atoms with Gasteiger partial charge in [-0.2, -0.15) is 13.2 Å². The number of ether oxygens (including phenoxy) is 2. The number of alkyl halides is 3. The molecule has 0 saturated heterocycles. The summed E-state index contributed by atoms with van der Waals surface area (Å²) in [6.07, 6.45) is -5.00. The second-order valence-corrected chi connectivity index (χ2v) is 3.92. The summed E-state index contributed by atoms with van der Waals surface area (Å²) >= 11 is 0. The monoisotopic (exact) mass is 290 g/mol. The summed E-state index contributed by atoms with van der Waals surface area (Å²) in [5.41, 5.74) is -0.0324. The zero-order valence-corrected chi connectivity index (χ0v) is 10.9. The molecule has 0 aromatic heterocycles. The summed E-state index contributed by atoms with van der Waals surface area (Å²) in [7, 11) is 0. The molecule has 0 radical (unpaired) electrons. The molecule has 0 aliphatic heterocycles. The molecular formula is C13H13F3O4. The number of benzene rings is 1. The van der Waals surface area contributed by atoms with Crippen LogP contribution >= 0.6 is 0 Å². The van der Waals surface area contributed by atoms with Gasteiger partial charge >= 0.3 is 12.1 Å². The Hall–Kier alpha value is -2.05.